The zero-order valence-electron chi connectivity index (χ0n) is 25.4. The summed E-state index contributed by atoms with van der Waals surface area (Å²) in [4.78, 5) is 12.3. The predicted octanol–water partition coefficient (Wildman–Crippen LogP) is -0.569. The van der Waals surface area contributed by atoms with Crippen molar-refractivity contribution in [2.75, 3.05) is 20.2 Å². The summed E-state index contributed by atoms with van der Waals surface area (Å²) in [7, 11) is 1.78. The largest absolute Gasteiger partial charge is 0.445 e. The lowest BCUT2D eigenvalue weighted by Crippen LogP contribution is -2.67. The van der Waals surface area contributed by atoms with Crippen LogP contribution in [0.3, 0.4) is 0 Å². The molecule has 5 rings (SSSR count). The molecule has 4 aliphatic rings. The van der Waals surface area contributed by atoms with E-state index in [1.54, 1.807) is 7.05 Å². The number of carbonyl (C=O) groups is 1. The second-order valence-corrected chi connectivity index (χ2v) is 13.3. The van der Waals surface area contributed by atoms with Gasteiger partial charge in [0.15, 0.2) is 12.6 Å². The highest BCUT2D eigenvalue weighted by Gasteiger charge is 2.58. The molecule has 2 saturated heterocycles. The standard InChI is InChI=1S/C30H49N5O8/c1-14-5-7-15(8-6-14)12-39-29(38)35-11-17-16-9-20(33)27(41-23(16)17)42-24-18(31)10-19(32)25(21(24)36)43-28-22(37)26(34-4)30(2,3)13-40-28/h5-8,16-28,34,36-37H,9-13,31-33H2,1-4H3,(H,35,38)/t16-,17?,18?,19?,20?,21?,22?,23?,24?,25?,26?,27?,28?/m1/s1. The van der Waals surface area contributed by atoms with E-state index in [9.17, 15) is 15.0 Å². The van der Waals surface area contributed by atoms with Crippen molar-refractivity contribution in [1.29, 1.82) is 0 Å². The first-order valence-electron chi connectivity index (χ1n) is 15.2. The van der Waals surface area contributed by atoms with Gasteiger partial charge in [-0.25, -0.2) is 4.79 Å². The van der Waals surface area contributed by atoms with E-state index in [4.69, 9.17) is 40.9 Å². The van der Waals surface area contributed by atoms with Crippen LogP contribution < -0.4 is 27.8 Å². The van der Waals surface area contributed by atoms with Crippen molar-refractivity contribution in [2.45, 2.75) is 107 Å². The Hall–Kier alpha value is -1.91. The molecule has 1 amide bonds. The maximum absolute atomic E-state index is 12.3. The van der Waals surface area contributed by atoms with Crippen molar-refractivity contribution in [1.82, 2.24) is 10.6 Å². The number of hydrogen-bond donors (Lipinski definition) is 7. The van der Waals surface area contributed by atoms with Crippen LogP contribution in [0.15, 0.2) is 24.3 Å². The summed E-state index contributed by atoms with van der Waals surface area (Å²) >= 11 is 0. The third-order valence-electron chi connectivity index (χ3n) is 9.45. The van der Waals surface area contributed by atoms with Gasteiger partial charge in [0.1, 0.15) is 31.0 Å². The predicted molar refractivity (Wildman–Crippen MR) is 156 cm³/mol. The Morgan fingerprint density at radius 2 is 1.65 bits per heavy atom. The first-order valence-corrected chi connectivity index (χ1v) is 15.2. The Morgan fingerprint density at radius 3 is 2.30 bits per heavy atom. The van der Waals surface area contributed by atoms with E-state index in [1.807, 2.05) is 45.0 Å². The van der Waals surface area contributed by atoms with Gasteiger partial charge < -0.3 is 61.7 Å². The van der Waals surface area contributed by atoms with Crippen molar-refractivity contribution in [3.63, 3.8) is 0 Å². The van der Waals surface area contributed by atoms with Crippen molar-refractivity contribution in [2.24, 2.45) is 34.5 Å². The first-order chi connectivity index (χ1) is 20.4. The van der Waals surface area contributed by atoms with E-state index in [-0.39, 0.29) is 36.0 Å². The summed E-state index contributed by atoms with van der Waals surface area (Å²) in [5, 5.41) is 28.2. The lowest BCUT2D eigenvalue weighted by molar-refractivity contribution is -0.297. The van der Waals surface area contributed by atoms with Crippen LogP contribution in [0.5, 0.6) is 0 Å². The van der Waals surface area contributed by atoms with Gasteiger partial charge in [0, 0.05) is 36.0 Å². The third kappa shape index (κ3) is 7.17. The second-order valence-electron chi connectivity index (χ2n) is 13.3. The lowest BCUT2D eigenvalue weighted by atomic mass is 9.79. The van der Waals surface area contributed by atoms with E-state index < -0.39 is 61.2 Å². The quantitative estimate of drug-likeness (QED) is 0.188. The molecule has 12 unspecified atom stereocenters. The molecule has 1 aromatic carbocycles. The fraction of sp³-hybridized carbons (Fsp3) is 0.767. The van der Waals surface area contributed by atoms with Crippen LogP contribution >= 0.6 is 0 Å². The van der Waals surface area contributed by atoms with Crippen LogP contribution in [0.1, 0.15) is 37.8 Å². The van der Waals surface area contributed by atoms with Crippen LogP contribution in [0, 0.1) is 24.2 Å². The van der Waals surface area contributed by atoms with Crippen molar-refractivity contribution < 1.29 is 38.7 Å². The number of nitrogens with one attached hydrogen (secondary N) is 2. The first kappa shape index (κ1) is 32.5. The van der Waals surface area contributed by atoms with E-state index in [1.165, 1.54) is 0 Å². The molecule has 242 valence electrons. The maximum Gasteiger partial charge on any atom is 0.407 e. The number of likely N-dealkylation sites (N-methyl/N-ethyl adjacent to an activating group) is 1. The molecular formula is C30H49N5O8. The summed E-state index contributed by atoms with van der Waals surface area (Å²) in [6.45, 7) is 6.93. The van der Waals surface area contributed by atoms with Gasteiger partial charge in [-0.3, -0.25) is 0 Å². The SMILES string of the molecule is CNC1C(O)C(OC2C(N)CC(N)C(OC3OC4C(CNC(=O)OCc5ccc(C)cc5)[C@H]4CC3N)C2O)OCC1(C)C. The Balaban J connectivity index is 1.12. The zero-order valence-corrected chi connectivity index (χ0v) is 25.4. The zero-order chi connectivity index (χ0) is 31.1. The molecule has 2 aliphatic carbocycles. The molecule has 0 aromatic heterocycles. The Labute approximate surface area is 253 Å². The Kier molecular flexibility index (Phi) is 9.98. The van der Waals surface area contributed by atoms with E-state index in [0.717, 1.165) is 11.1 Å². The molecule has 4 fully saturated rings. The minimum absolute atomic E-state index is 0.0790. The number of rotatable bonds is 9. The number of amides is 1. The highest BCUT2D eigenvalue weighted by atomic mass is 16.7. The number of alkyl carbamates (subject to hydrolysis) is 1. The second kappa shape index (κ2) is 13.2. The number of aliphatic hydroxyl groups is 2. The normalized spacial score (nSPS) is 42.1. The molecule has 0 bridgehead atoms. The molecule has 13 heteroatoms. The molecule has 1 aromatic rings. The Bertz CT molecular complexity index is 1090. The van der Waals surface area contributed by atoms with Gasteiger partial charge in [-0.2, -0.15) is 0 Å². The van der Waals surface area contributed by atoms with Gasteiger partial charge in [0.2, 0.25) is 0 Å². The van der Waals surface area contributed by atoms with Crippen molar-refractivity contribution in [3.8, 4) is 0 Å². The van der Waals surface area contributed by atoms with Crippen molar-refractivity contribution >= 4 is 6.09 Å². The van der Waals surface area contributed by atoms with Crippen molar-refractivity contribution in [3.05, 3.63) is 35.4 Å². The van der Waals surface area contributed by atoms with Gasteiger partial charge in [-0.05, 0) is 38.3 Å². The molecule has 2 aliphatic heterocycles. The average Bonchev–Trinajstić information content (AvgIpc) is 3.63. The summed E-state index contributed by atoms with van der Waals surface area (Å²) in [5.74, 6) is 0.270. The number of hydrogen-bond acceptors (Lipinski definition) is 12. The molecule has 10 N–H and O–H groups in total. The Morgan fingerprint density at radius 1 is 1.00 bits per heavy atom. The minimum atomic E-state index is -1.20. The third-order valence-corrected chi connectivity index (χ3v) is 9.45. The van der Waals surface area contributed by atoms with Gasteiger partial charge >= 0.3 is 6.09 Å². The molecular weight excluding hydrogens is 558 g/mol. The molecule has 13 atom stereocenters. The minimum Gasteiger partial charge on any atom is -0.445 e. The molecule has 43 heavy (non-hydrogen) atoms. The maximum atomic E-state index is 12.3. The van der Waals surface area contributed by atoms with Gasteiger partial charge in [0.05, 0.1) is 18.8 Å². The van der Waals surface area contributed by atoms with E-state index >= 15 is 0 Å². The molecule has 13 nitrogen and oxygen atoms in total. The topological polar surface area (TPSA) is 206 Å². The number of nitrogens with two attached hydrogens (primary N) is 3. The van der Waals surface area contributed by atoms with Gasteiger partial charge in [-0.15, -0.1) is 0 Å². The fourth-order valence-electron chi connectivity index (χ4n) is 6.82. The molecule has 2 saturated carbocycles. The molecule has 0 radical (unpaired) electrons. The van der Waals surface area contributed by atoms with E-state index in [2.05, 4.69) is 10.6 Å². The fourth-order valence-corrected chi connectivity index (χ4v) is 6.82. The van der Waals surface area contributed by atoms with E-state index in [0.29, 0.717) is 26.0 Å². The average molecular weight is 608 g/mol. The number of aryl methyl sites for hydroxylation is 1. The number of ether oxygens (including phenoxy) is 5. The monoisotopic (exact) mass is 607 g/mol. The lowest BCUT2D eigenvalue weighted by Gasteiger charge is -2.48. The molecule has 2 heterocycles. The number of fused-ring (bicyclic) bond motifs is 1. The van der Waals surface area contributed by atoms with Crippen LogP contribution in [0.2, 0.25) is 0 Å². The van der Waals surface area contributed by atoms with Crippen LogP contribution in [-0.4, -0.2) is 104 Å². The summed E-state index contributed by atoms with van der Waals surface area (Å²) in [6.07, 6.45) is -5.38. The van der Waals surface area contributed by atoms with Crippen LogP contribution in [0.4, 0.5) is 4.79 Å². The highest BCUT2D eigenvalue weighted by molar-refractivity contribution is 5.67. The number of benzene rings is 1. The summed E-state index contributed by atoms with van der Waals surface area (Å²) in [6, 6.07) is 5.89. The smallest absolute Gasteiger partial charge is 0.407 e. The number of aliphatic hydroxyl groups excluding tert-OH is 2. The summed E-state index contributed by atoms with van der Waals surface area (Å²) < 4.78 is 29.7. The summed E-state index contributed by atoms with van der Waals surface area (Å²) in [5.41, 5.74) is 20.9. The van der Waals surface area contributed by atoms with Gasteiger partial charge in [0.25, 0.3) is 0 Å². The highest BCUT2D eigenvalue weighted by Crippen LogP contribution is 2.49. The number of carbonyl (C=O) groups excluding carboxylic acids is 1. The molecule has 0 spiro atoms. The van der Waals surface area contributed by atoms with Gasteiger partial charge in [-0.1, -0.05) is 43.7 Å². The van der Waals surface area contributed by atoms with Crippen LogP contribution in [-0.2, 0) is 30.3 Å². The van der Waals surface area contributed by atoms with Crippen LogP contribution in [0.25, 0.3) is 0 Å².